The number of nitrogens with one attached hydrogen (secondary N) is 1. The SMILES string of the molecule is CC(C)CCOc1cccc(NC(=O)CN(C)C(=O)C(C)n2cccn2)c1. The van der Waals surface area contributed by atoms with Gasteiger partial charge in [-0.3, -0.25) is 14.3 Å². The summed E-state index contributed by atoms with van der Waals surface area (Å²) in [5, 5.41) is 6.87. The first-order chi connectivity index (χ1) is 12.9. The number of likely N-dealkylation sites (N-methyl/N-ethyl adjacent to an activating group) is 1. The minimum Gasteiger partial charge on any atom is -0.494 e. The van der Waals surface area contributed by atoms with Gasteiger partial charge in [-0.2, -0.15) is 5.10 Å². The molecule has 1 heterocycles. The van der Waals surface area contributed by atoms with Crippen LogP contribution in [-0.2, 0) is 9.59 Å². The van der Waals surface area contributed by atoms with Gasteiger partial charge >= 0.3 is 0 Å². The third kappa shape index (κ3) is 6.44. The first-order valence-corrected chi connectivity index (χ1v) is 9.13. The van der Waals surface area contributed by atoms with Crippen LogP contribution in [0.1, 0.15) is 33.2 Å². The predicted octanol–water partition coefficient (Wildman–Crippen LogP) is 2.97. The molecule has 0 fully saturated rings. The molecule has 7 nitrogen and oxygen atoms in total. The number of benzene rings is 1. The Morgan fingerprint density at radius 1 is 1.26 bits per heavy atom. The van der Waals surface area contributed by atoms with Crippen molar-refractivity contribution in [2.24, 2.45) is 5.92 Å². The van der Waals surface area contributed by atoms with Crippen LogP contribution in [0.15, 0.2) is 42.7 Å². The summed E-state index contributed by atoms with van der Waals surface area (Å²) >= 11 is 0. The van der Waals surface area contributed by atoms with Crippen molar-refractivity contribution in [3.05, 3.63) is 42.7 Å². The van der Waals surface area contributed by atoms with Gasteiger partial charge in [0.1, 0.15) is 11.8 Å². The van der Waals surface area contributed by atoms with Crippen molar-refractivity contribution in [1.29, 1.82) is 0 Å². The van der Waals surface area contributed by atoms with Crippen LogP contribution in [0.25, 0.3) is 0 Å². The molecule has 0 spiro atoms. The second-order valence-corrected chi connectivity index (χ2v) is 6.96. The average molecular weight is 372 g/mol. The molecule has 1 N–H and O–H groups in total. The Hall–Kier alpha value is -2.83. The van der Waals surface area contributed by atoms with Gasteiger partial charge < -0.3 is 15.0 Å². The highest BCUT2D eigenvalue weighted by Crippen LogP contribution is 2.18. The highest BCUT2D eigenvalue weighted by molar-refractivity contribution is 5.95. The van der Waals surface area contributed by atoms with Gasteiger partial charge in [-0.05, 0) is 37.5 Å². The van der Waals surface area contributed by atoms with E-state index in [1.165, 1.54) is 4.90 Å². The lowest BCUT2D eigenvalue weighted by molar-refractivity contribution is -0.136. The van der Waals surface area contributed by atoms with E-state index in [4.69, 9.17) is 4.74 Å². The molecule has 1 aromatic heterocycles. The lowest BCUT2D eigenvalue weighted by Gasteiger charge is -2.21. The second kappa shape index (κ2) is 9.75. The third-order valence-electron chi connectivity index (χ3n) is 4.12. The van der Waals surface area contributed by atoms with Gasteiger partial charge in [-0.25, -0.2) is 0 Å². The average Bonchev–Trinajstić information content (AvgIpc) is 3.15. The van der Waals surface area contributed by atoms with Gasteiger partial charge in [0.2, 0.25) is 11.8 Å². The molecule has 0 aliphatic carbocycles. The van der Waals surface area contributed by atoms with E-state index < -0.39 is 6.04 Å². The van der Waals surface area contributed by atoms with Crippen LogP contribution in [0.5, 0.6) is 5.75 Å². The van der Waals surface area contributed by atoms with Crippen LogP contribution in [0.2, 0.25) is 0 Å². The summed E-state index contributed by atoms with van der Waals surface area (Å²) in [7, 11) is 1.60. The van der Waals surface area contributed by atoms with Gasteiger partial charge in [-0.1, -0.05) is 19.9 Å². The minimum absolute atomic E-state index is 0.0388. The summed E-state index contributed by atoms with van der Waals surface area (Å²) in [4.78, 5) is 26.1. The van der Waals surface area contributed by atoms with Crippen LogP contribution in [0.4, 0.5) is 5.69 Å². The lowest BCUT2D eigenvalue weighted by Crippen LogP contribution is -2.38. The largest absolute Gasteiger partial charge is 0.494 e. The summed E-state index contributed by atoms with van der Waals surface area (Å²) < 4.78 is 7.27. The molecule has 0 aliphatic rings. The highest BCUT2D eigenvalue weighted by atomic mass is 16.5. The minimum atomic E-state index is -0.463. The number of nitrogens with zero attached hydrogens (tertiary/aromatic N) is 3. The molecule has 146 valence electrons. The number of hydrogen-bond acceptors (Lipinski definition) is 4. The summed E-state index contributed by atoms with van der Waals surface area (Å²) in [5.74, 6) is 0.841. The zero-order valence-corrected chi connectivity index (χ0v) is 16.4. The molecule has 2 amide bonds. The van der Waals surface area contributed by atoms with Crippen molar-refractivity contribution in [3.8, 4) is 5.75 Å². The van der Waals surface area contributed by atoms with E-state index in [0.29, 0.717) is 24.0 Å². The highest BCUT2D eigenvalue weighted by Gasteiger charge is 2.21. The molecular formula is C20H28N4O3. The standard InChI is InChI=1S/C20H28N4O3/c1-15(2)9-12-27-18-8-5-7-17(13-18)22-19(25)14-23(4)20(26)16(3)24-11-6-10-21-24/h5-8,10-11,13,15-16H,9,12,14H2,1-4H3,(H,22,25). The Morgan fingerprint density at radius 3 is 2.70 bits per heavy atom. The zero-order valence-electron chi connectivity index (χ0n) is 16.4. The van der Waals surface area contributed by atoms with Crippen molar-refractivity contribution < 1.29 is 14.3 Å². The Kier molecular flexibility index (Phi) is 7.40. The van der Waals surface area contributed by atoms with Gasteiger partial charge in [0.05, 0.1) is 13.2 Å². The normalized spacial score (nSPS) is 11.9. The first-order valence-electron chi connectivity index (χ1n) is 9.13. The van der Waals surface area contributed by atoms with Crippen molar-refractivity contribution in [2.75, 3.05) is 25.5 Å². The zero-order chi connectivity index (χ0) is 19.8. The van der Waals surface area contributed by atoms with Gasteiger partial charge in [0, 0.05) is 31.2 Å². The van der Waals surface area contributed by atoms with Crippen LogP contribution in [-0.4, -0.2) is 46.7 Å². The molecule has 0 bridgehead atoms. The Morgan fingerprint density at radius 2 is 2.04 bits per heavy atom. The van der Waals surface area contributed by atoms with E-state index in [0.717, 1.165) is 6.42 Å². The maximum absolute atomic E-state index is 12.4. The summed E-state index contributed by atoms with van der Waals surface area (Å²) in [5.41, 5.74) is 0.642. The maximum Gasteiger partial charge on any atom is 0.247 e. The molecule has 0 radical (unpaired) electrons. The summed E-state index contributed by atoms with van der Waals surface area (Å²) in [6.45, 7) is 6.64. The van der Waals surface area contributed by atoms with E-state index in [-0.39, 0.29) is 18.4 Å². The molecule has 2 aromatic rings. The number of amides is 2. The molecule has 1 unspecified atom stereocenters. The Balaban J connectivity index is 1.86. The van der Waals surface area contributed by atoms with Gasteiger partial charge in [-0.15, -0.1) is 0 Å². The van der Waals surface area contributed by atoms with Crippen molar-refractivity contribution in [3.63, 3.8) is 0 Å². The number of aromatic nitrogens is 2. The van der Waals surface area contributed by atoms with Crippen LogP contribution >= 0.6 is 0 Å². The topological polar surface area (TPSA) is 76.5 Å². The number of rotatable bonds is 9. The molecule has 0 aliphatic heterocycles. The molecule has 2 rings (SSSR count). The monoisotopic (exact) mass is 372 g/mol. The fourth-order valence-electron chi connectivity index (χ4n) is 2.51. The fraction of sp³-hybridized carbons (Fsp3) is 0.450. The molecular weight excluding hydrogens is 344 g/mol. The van der Waals surface area contributed by atoms with Crippen LogP contribution < -0.4 is 10.1 Å². The van der Waals surface area contributed by atoms with Crippen molar-refractivity contribution >= 4 is 17.5 Å². The number of hydrogen-bond donors (Lipinski definition) is 1. The van der Waals surface area contributed by atoms with E-state index in [9.17, 15) is 9.59 Å². The smallest absolute Gasteiger partial charge is 0.247 e. The number of carbonyl (C=O) groups excluding carboxylic acids is 2. The lowest BCUT2D eigenvalue weighted by atomic mass is 10.1. The first kappa shape index (κ1) is 20.5. The van der Waals surface area contributed by atoms with Crippen molar-refractivity contribution in [2.45, 2.75) is 33.2 Å². The molecule has 0 saturated carbocycles. The Bertz CT molecular complexity index is 743. The summed E-state index contributed by atoms with van der Waals surface area (Å²) in [6, 6.07) is 8.56. The van der Waals surface area contributed by atoms with Crippen LogP contribution in [0, 0.1) is 5.92 Å². The van der Waals surface area contributed by atoms with E-state index in [1.54, 1.807) is 49.2 Å². The fourth-order valence-corrected chi connectivity index (χ4v) is 2.51. The Labute approximate surface area is 160 Å². The quantitative estimate of drug-likeness (QED) is 0.734. The predicted molar refractivity (Wildman–Crippen MR) is 105 cm³/mol. The molecule has 0 saturated heterocycles. The molecule has 1 aromatic carbocycles. The van der Waals surface area contributed by atoms with Gasteiger partial charge in [0.15, 0.2) is 0 Å². The van der Waals surface area contributed by atoms with E-state index >= 15 is 0 Å². The maximum atomic E-state index is 12.4. The number of carbonyl (C=O) groups is 2. The number of ether oxygens (including phenoxy) is 1. The van der Waals surface area contributed by atoms with Crippen molar-refractivity contribution in [1.82, 2.24) is 14.7 Å². The molecule has 7 heteroatoms. The van der Waals surface area contributed by atoms with E-state index in [2.05, 4.69) is 24.3 Å². The van der Waals surface area contributed by atoms with Crippen LogP contribution in [0.3, 0.4) is 0 Å². The second-order valence-electron chi connectivity index (χ2n) is 6.96. The molecule has 1 atom stereocenters. The van der Waals surface area contributed by atoms with E-state index in [1.807, 2.05) is 12.1 Å². The third-order valence-corrected chi connectivity index (χ3v) is 4.12. The molecule has 27 heavy (non-hydrogen) atoms. The number of anilines is 1. The van der Waals surface area contributed by atoms with Gasteiger partial charge in [0.25, 0.3) is 0 Å². The summed E-state index contributed by atoms with van der Waals surface area (Å²) in [6.07, 6.45) is 4.31.